The summed E-state index contributed by atoms with van der Waals surface area (Å²) >= 11 is 12.9. The number of nitrogens with zero attached hydrogens (tertiary/aromatic N) is 2. The Hall–Kier alpha value is -2.49. The summed E-state index contributed by atoms with van der Waals surface area (Å²) < 4.78 is 31.6. The number of hydrogen-bond donors (Lipinski definition) is 1. The fourth-order valence-corrected chi connectivity index (χ4v) is 6.55. The zero-order valence-electron chi connectivity index (χ0n) is 23.4. The molecule has 2 aromatic rings. The third kappa shape index (κ3) is 8.75. The van der Waals surface area contributed by atoms with Crippen molar-refractivity contribution in [3.63, 3.8) is 0 Å². The number of rotatable bonds is 13. The maximum Gasteiger partial charge on any atom is 0.243 e. The summed E-state index contributed by atoms with van der Waals surface area (Å²) in [6.45, 7) is 2.04. The van der Waals surface area contributed by atoms with E-state index in [1.165, 1.54) is 22.7 Å². The van der Waals surface area contributed by atoms with Gasteiger partial charge in [0.05, 0.1) is 19.1 Å². The molecule has 40 heavy (non-hydrogen) atoms. The number of ether oxygens (including phenoxy) is 1. The van der Waals surface area contributed by atoms with E-state index in [0.717, 1.165) is 31.9 Å². The van der Waals surface area contributed by atoms with E-state index in [4.69, 9.17) is 27.9 Å². The summed E-state index contributed by atoms with van der Waals surface area (Å²) in [5, 5.41) is 3.97. The van der Waals surface area contributed by atoms with Crippen LogP contribution in [0.3, 0.4) is 0 Å². The largest absolute Gasteiger partial charge is 0.497 e. The minimum atomic E-state index is -3.60. The first-order valence-corrected chi connectivity index (χ1v) is 16.3. The third-order valence-corrected chi connectivity index (χ3v) is 9.14. The smallest absolute Gasteiger partial charge is 0.243 e. The molecule has 0 aliphatic heterocycles. The Bertz CT molecular complexity index is 1230. The van der Waals surface area contributed by atoms with Crippen LogP contribution < -0.4 is 14.4 Å². The van der Waals surface area contributed by atoms with Crippen LogP contribution in [0.5, 0.6) is 5.75 Å². The van der Waals surface area contributed by atoms with Gasteiger partial charge in [-0.25, -0.2) is 8.42 Å². The minimum absolute atomic E-state index is 0.0391. The highest BCUT2D eigenvalue weighted by molar-refractivity contribution is 7.92. The molecule has 0 spiro atoms. The van der Waals surface area contributed by atoms with Gasteiger partial charge >= 0.3 is 0 Å². The number of amides is 2. The summed E-state index contributed by atoms with van der Waals surface area (Å²) in [6.07, 6.45) is 7.01. The first-order valence-electron chi connectivity index (χ1n) is 13.7. The molecular formula is C29H39Cl2N3O5S. The standard InChI is InChI=1S/C29H39Cl2N3O5S/c1-4-27(29(36)32-21-10-6-5-7-11-21)33(20-24-25(30)12-8-13-26(24)31)28(35)14-9-19-34(40(3,37)38)22-15-17-23(39-2)18-16-22/h8,12-13,15-18,21,27H,4-7,9-11,14,19-20H2,1-3H3,(H,32,36)/t27-/m0/s1. The third-order valence-electron chi connectivity index (χ3n) is 7.24. The predicted molar refractivity (Wildman–Crippen MR) is 161 cm³/mol. The molecule has 1 saturated carbocycles. The van der Waals surface area contributed by atoms with Crippen molar-refractivity contribution in [1.29, 1.82) is 0 Å². The highest BCUT2D eigenvalue weighted by Crippen LogP contribution is 2.28. The molecule has 1 aliphatic carbocycles. The van der Waals surface area contributed by atoms with E-state index in [-0.39, 0.29) is 43.8 Å². The predicted octanol–water partition coefficient (Wildman–Crippen LogP) is 5.80. The lowest BCUT2D eigenvalue weighted by Gasteiger charge is -2.33. The fraction of sp³-hybridized carbons (Fsp3) is 0.517. The maximum atomic E-state index is 13.7. The van der Waals surface area contributed by atoms with Gasteiger partial charge in [0.2, 0.25) is 21.8 Å². The summed E-state index contributed by atoms with van der Waals surface area (Å²) in [7, 11) is -2.06. The second kappa shape index (κ2) is 14.9. The molecule has 11 heteroatoms. The molecule has 8 nitrogen and oxygen atoms in total. The van der Waals surface area contributed by atoms with Crippen LogP contribution in [0.1, 0.15) is 63.9 Å². The van der Waals surface area contributed by atoms with Crippen LogP contribution in [0, 0.1) is 0 Å². The van der Waals surface area contributed by atoms with Gasteiger partial charge in [-0.15, -0.1) is 0 Å². The van der Waals surface area contributed by atoms with Crippen LogP contribution in [-0.2, 0) is 26.2 Å². The number of benzene rings is 2. The Balaban J connectivity index is 1.79. The molecule has 1 aliphatic rings. The van der Waals surface area contributed by atoms with Crippen molar-refractivity contribution in [2.24, 2.45) is 0 Å². The lowest BCUT2D eigenvalue weighted by atomic mass is 9.95. The SMILES string of the molecule is CC[C@@H](C(=O)NC1CCCCC1)N(Cc1c(Cl)cccc1Cl)C(=O)CCCN(c1ccc(OC)cc1)S(C)(=O)=O. The van der Waals surface area contributed by atoms with Gasteiger partial charge in [0.25, 0.3) is 0 Å². The molecule has 0 bridgehead atoms. The van der Waals surface area contributed by atoms with Crippen molar-refractivity contribution in [3.05, 3.63) is 58.1 Å². The van der Waals surface area contributed by atoms with E-state index in [9.17, 15) is 18.0 Å². The Morgan fingerprint density at radius 3 is 2.23 bits per heavy atom. The van der Waals surface area contributed by atoms with E-state index >= 15 is 0 Å². The van der Waals surface area contributed by atoms with E-state index in [1.54, 1.807) is 42.5 Å². The monoisotopic (exact) mass is 611 g/mol. The number of anilines is 1. The fourth-order valence-electron chi connectivity index (χ4n) is 5.07. The Labute approximate surface area is 248 Å². The molecule has 0 heterocycles. The Morgan fingerprint density at radius 2 is 1.68 bits per heavy atom. The van der Waals surface area contributed by atoms with Crippen molar-refractivity contribution in [2.75, 3.05) is 24.2 Å². The molecule has 0 saturated heterocycles. The highest BCUT2D eigenvalue weighted by atomic mass is 35.5. The zero-order chi connectivity index (χ0) is 29.3. The second-order valence-corrected chi connectivity index (χ2v) is 12.8. The van der Waals surface area contributed by atoms with Crippen molar-refractivity contribution in [1.82, 2.24) is 10.2 Å². The second-order valence-electron chi connectivity index (χ2n) is 10.1. The first-order chi connectivity index (χ1) is 19.0. The quantitative estimate of drug-likeness (QED) is 0.308. The van der Waals surface area contributed by atoms with Gasteiger partial charge in [0.15, 0.2) is 0 Å². The van der Waals surface area contributed by atoms with Crippen molar-refractivity contribution in [2.45, 2.75) is 76.9 Å². The number of methoxy groups -OCH3 is 1. The lowest BCUT2D eigenvalue weighted by molar-refractivity contribution is -0.141. The number of nitrogens with one attached hydrogen (secondary N) is 1. The Morgan fingerprint density at radius 1 is 1.05 bits per heavy atom. The lowest BCUT2D eigenvalue weighted by Crippen LogP contribution is -2.51. The van der Waals surface area contributed by atoms with Crippen molar-refractivity contribution >= 4 is 50.7 Å². The molecule has 2 aromatic carbocycles. The number of sulfonamides is 1. The summed E-state index contributed by atoms with van der Waals surface area (Å²) in [4.78, 5) is 28.7. The topological polar surface area (TPSA) is 96.0 Å². The molecule has 2 amide bonds. The van der Waals surface area contributed by atoms with Crippen molar-refractivity contribution < 1.29 is 22.7 Å². The molecule has 0 unspecified atom stereocenters. The Kier molecular flexibility index (Phi) is 12.0. The summed E-state index contributed by atoms with van der Waals surface area (Å²) in [6, 6.07) is 11.2. The van der Waals surface area contributed by atoms with Gasteiger partial charge in [-0.3, -0.25) is 13.9 Å². The number of hydrogen-bond acceptors (Lipinski definition) is 5. The molecule has 220 valence electrons. The average Bonchev–Trinajstić information content (AvgIpc) is 2.92. The van der Waals surface area contributed by atoms with Gasteiger partial charge in [0.1, 0.15) is 11.8 Å². The highest BCUT2D eigenvalue weighted by Gasteiger charge is 2.31. The molecule has 0 radical (unpaired) electrons. The molecule has 3 rings (SSSR count). The van der Waals surface area contributed by atoms with Crippen molar-refractivity contribution in [3.8, 4) is 5.75 Å². The summed E-state index contributed by atoms with van der Waals surface area (Å²) in [5.74, 6) is 0.144. The number of carbonyl (C=O) groups is 2. The normalized spacial score (nSPS) is 14.8. The van der Waals surface area contributed by atoms with E-state index in [1.807, 2.05) is 6.92 Å². The van der Waals surface area contributed by atoms with E-state index in [2.05, 4.69) is 5.32 Å². The van der Waals surface area contributed by atoms with Crippen LogP contribution in [0.15, 0.2) is 42.5 Å². The van der Waals surface area contributed by atoms with Gasteiger partial charge < -0.3 is 15.0 Å². The van der Waals surface area contributed by atoms with Crippen LogP contribution in [0.4, 0.5) is 5.69 Å². The average molecular weight is 613 g/mol. The van der Waals surface area contributed by atoms with E-state index < -0.39 is 16.1 Å². The number of carbonyl (C=O) groups excluding carboxylic acids is 2. The van der Waals surface area contributed by atoms with E-state index in [0.29, 0.717) is 33.5 Å². The van der Waals surface area contributed by atoms with Gasteiger partial charge in [0, 0.05) is 41.2 Å². The van der Waals surface area contributed by atoms with Crippen LogP contribution in [0.2, 0.25) is 10.0 Å². The summed E-state index contributed by atoms with van der Waals surface area (Å²) in [5.41, 5.74) is 1.05. The minimum Gasteiger partial charge on any atom is -0.497 e. The molecular weight excluding hydrogens is 573 g/mol. The molecule has 1 N–H and O–H groups in total. The van der Waals surface area contributed by atoms with Crippen LogP contribution in [-0.4, -0.2) is 57.1 Å². The first kappa shape index (κ1) is 32.0. The number of halogens is 2. The van der Waals surface area contributed by atoms with Gasteiger partial charge in [-0.1, -0.05) is 55.5 Å². The van der Waals surface area contributed by atoms with Gasteiger partial charge in [-0.05, 0) is 62.1 Å². The molecule has 1 atom stereocenters. The maximum absolute atomic E-state index is 13.7. The van der Waals surface area contributed by atoms with Crippen LogP contribution >= 0.6 is 23.2 Å². The molecule has 1 fully saturated rings. The van der Waals surface area contributed by atoms with Gasteiger partial charge in [-0.2, -0.15) is 0 Å². The van der Waals surface area contributed by atoms with Crippen LogP contribution in [0.25, 0.3) is 0 Å². The zero-order valence-corrected chi connectivity index (χ0v) is 25.7. The molecule has 0 aromatic heterocycles.